The Morgan fingerprint density at radius 2 is 2.21 bits per heavy atom. The molecule has 1 aromatic rings. The molecule has 0 aliphatic carbocycles. The molecule has 14 heavy (non-hydrogen) atoms. The average molecular weight is 217 g/mol. The van der Waals surface area contributed by atoms with Gasteiger partial charge in [0, 0.05) is 17.5 Å². The average Bonchev–Trinajstić information content (AvgIpc) is 2.42. The molecule has 80 valence electrons. The van der Waals surface area contributed by atoms with E-state index in [0.717, 1.165) is 5.69 Å². The third-order valence-electron chi connectivity index (χ3n) is 2.05. The highest BCUT2D eigenvalue weighted by Gasteiger charge is 2.09. The highest BCUT2D eigenvalue weighted by molar-refractivity contribution is 7.91. The fraction of sp³-hybridized carbons (Fsp3) is 0.625. The number of aromatic nitrogens is 2. The fourth-order valence-electron chi connectivity index (χ4n) is 1.13. The summed E-state index contributed by atoms with van der Waals surface area (Å²) in [5, 5.41) is 3.98. The van der Waals surface area contributed by atoms with Crippen LogP contribution in [-0.2, 0) is 16.4 Å². The van der Waals surface area contributed by atoms with Gasteiger partial charge in [0.2, 0.25) is 0 Å². The maximum absolute atomic E-state index is 11.2. The van der Waals surface area contributed by atoms with Crippen molar-refractivity contribution in [1.29, 1.82) is 0 Å². The molecule has 1 heterocycles. The number of hydrogen-bond donors (Lipinski definition) is 1. The van der Waals surface area contributed by atoms with Gasteiger partial charge < -0.3 is 5.73 Å². The minimum Gasteiger partial charge on any atom is -0.382 e. The summed E-state index contributed by atoms with van der Waals surface area (Å²) in [6.07, 6.45) is 0. The van der Waals surface area contributed by atoms with Gasteiger partial charge in [-0.15, -0.1) is 0 Å². The predicted molar refractivity (Wildman–Crippen MR) is 55.7 cm³/mol. The lowest BCUT2D eigenvalue weighted by atomic mass is 10.5. The van der Waals surface area contributed by atoms with Gasteiger partial charge in [0.15, 0.2) is 9.84 Å². The van der Waals surface area contributed by atoms with E-state index in [0.29, 0.717) is 12.4 Å². The molecule has 0 saturated heterocycles. The van der Waals surface area contributed by atoms with E-state index in [4.69, 9.17) is 5.73 Å². The minimum absolute atomic E-state index is 0.117. The van der Waals surface area contributed by atoms with Crippen LogP contribution >= 0.6 is 0 Å². The molecule has 0 saturated carbocycles. The lowest BCUT2D eigenvalue weighted by Gasteiger charge is -2.03. The van der Waals surface area contributed by atoms with Gasteiger partial charge in [0.25, 0.3) is 0 Å². The number of anilines is 1. The van der Waals surface area contributed by atoms with Gasteiger partial charge in [-0.05, 0) is 6.92 Å². The molecule has 1 rings (SSSR count). The van der Waals surface area contributed by atoms with Gasteiger partial charge in [0.1, 0.15) is 5.82 Å². The smallest absolute Gasteiger partial charge is 0.151 e. The van der Waals surface area contributed by atoms with Crippen molar-refractivity contribution in [3.05, 3.63) is 11.8 Å². The normalized spacial score (nSPS) is 11.9. The SMILES string of the molecule is CCS(=O)(=O)CCn1nc(N)cc1C. The van der Waals surface area contributed by atoms with Crippen molar-refractivity contribution < 1.29 is 8.42 Å². The molecular formula is C8H15N3O2S. The lowest BCUT2D eigenvalue weighted by Crippen LogP contribution is -2.16. The van der Waals surface area contributed by atoms with Crippen molar-refractivity contribution >= 4 is 15.7 Å². The Labute approximate surface area is 83.8 Å². The summed E-state index contributed by atoms with van der Waals surface area (Å²) in [7, 11) is -2.93. The summed E-state index contributed by atoms with van der Waals surface area (Å²) in [4.78, 5) is 0. The van der Waals surface area contributed by atoms with Gasteiger partial charge in [-0.1, -0.05) is 6.92 Å². The first-order chi connectivity index (χ1) is 6.44. The molecule has 0 aromatic carbocycles. The number of nitrogens with zero attached hydrogens (tertiary/aromatic N) is 2. The van der Waals surface area contributed by atoms with Crippen LogP contribution in [-0.4, -0.2) is 29.7 Å². The summed E-state index contributed by atoms with van der Waals surface area (Å²) in [5.74, 6) is 0.713. The Morgan fingerprint density at radius 3 is 2.64 bits per heavy atom. The minimum atomic E-state index is -2.93. The zero-order valence-corrected chi connectivity index (χ0v) is 9.21. The Hall–Kier alpha value is -1.04. The molecule has 0 aliphatic rings. The zero-order valence-electron chi connectivity index (χ0n) is 8.40. The molecule has 0 radical (unpaired) electrons. The van der Waals surface area contributed by atoms with E-state index >= 15 is 0 Å². The van der Waals surface area contributed by atoms with Gasteiger partial charge in [-0.2, -0.15) is 5.10 Å². The Balaban J connectivity index is 2.67. The first kappa shape index (κ1) is 11.0. The maximum Gasteiger partial charge on any atom is 0.151 e. The molecule has 6 heteroatoms. The Kier molecular flexibility index (Phi) is 3.15. The molecule has 0 bridgehead atoms. The van der Waals surface area contributed by atoms with Crippen LogP contribution in [0.3, 0.4) is 0 Å². The lowest BCUT2D eigenvalue weighted by molar-refractivity contribution is 0.579. The molecule has 0 amide bonds. The van der Waals surface area contributed by atoms with Crippen LogP contribution in [0.15, 0.2) is 6.07 Å². The zero-order chi connectivity index (χ0) is 10.8. The van der Waals surface area contributed by atoms with Crippen LogP contribution in [0.2, 0.25) is 0 Å². The summed E-state index contributed by atoms with van der Waals surface area (Å²) in [6.45, 7) is 3.86. The Bertz CT molecular complexity index is 408. The summed E-state index contributed by atoms with van der Waals surface area (Å²) in [6, 6.07) is 1.72. The van der Waals surface area contributed by atoms with Crippen LogP contribution in [0.4, 0.5) is 5.82 Å². The number of nitrogens with two attached hydrogens (primary N) is 1. The maximum atomic E-state index is 11.2. The van der Waals surface area contributed by atoms with Crippen molar-refractivity contribution in [3.63, 3.8) is 0 Å². The number of hydrogen-bond acceptors (Lipinski definition) is 4. The highest BCUT2D eigenvalue weighted by atomic mass is 32.2. The largest absolute Gasteiger partial charge is 0.382 e. The fourth-order valence-corrected chi connectivity index (χ4v) is 1.87. The van der Waals surface area contributed by atoms with E-state index in [2.05, 4.69) is 5.10 Å². The second-order valence-corrected chi connectivity index (χ2v) is 5.64. The third-order valence-corrected chi connectivity index (χ3v) is 3.74. The topological polar surface area (TPSA) is 78.0 Å². The second kappa shape index (κ2) is 4.00. The van der Waals surface area contributed by atoms with Crippen molar-refractivity contribution in [2.75, 3.05) is 17.2 Å². The van der Waals surface area contributed by atoms with Gasteiger partial charge >= 0.3 is 0 Å². The quantitative estimate of drug-likeness (QED) is 0.782. The van der Waals surface area contributed by atoms with Crippen LogP contribution in [0.1, 0.15) is 12.6 Å². The Morgan fingerprint density at radius 1 is 1.57 bits per heavy atom. The van der Waals surface area contributed by atoms with Crippen LogP contribution in [0.5, 0.6) is 0 Å². The molecule has 0 spiro atoms. The second-order valence-electron chi connectivity index (χ2n) is 3.17. The number of sulfone groups is 1. The number of rotatable bonds is 4. The standard InChI is InChI=1S/C8H15N3O2S/c1-3-14(12,13)5-4-11-7(2)6-8(9)10-11/h6H,3-5H2,1-2H3,(H2,9,10). The molecular weight excluding hydrogens is 202 g/mol. The van der Waals surface area contributed by atoms with Crippen LogP contribution in [0, 0.1) is 6.92 Å². The van der Waals surface area contributed by atoms with Gasteiger partial charge in [-0.3, -0.25) is 4.68 Å². The number of aryl methyl sites for hydroxylation is 2. The summed E-state index contributed by atoms with van der Waals surface area (Å²) >= 11 is 0. The highest BCUT2D eigenvalue weighted by Crippen LogP contribution is 2.04. The molecule has 2 N–H and O–H groups in total. The van der Waals surface area contributed by atoms with Crippen molar-refractivity contribution in [3.8, 4) is 0 Å². The molecule has 5 nitrogen and oxygen atoms in total. The summed E-state index contributed by atoms with van der Waals surface area (Å²) < 4.78 is 24.1. The molecule has 1 aromatic heterocycles. The van der Waals surface area contributed by atoms with Crippen molar-refractivity contribution in [2.24, 2.45) is 0 Å². The van der Waals surface area contributed by atoms with Gasteiger partial charge in [-0.25, -0.2) is 8.42 Å². The predicted octanol–water partition coefficient (Wildman–Crippen LogP) is 0.208. The van der Waals surface area contributed by atoms with E-state index in [1.165, 1.54) is 0 Å². The van der Waals surface area contributed by atoms with Crippen LogP contribution < -0.4 is 5.73 Å². The van der Waals surface area contributed by atoms with Crippen molar-refractivity contribution in [2.45, 2.75) is 20.4 Å². The third kappa shape index (κ3) is 2.73. The van der Waals surface area contributed by atoms with Crippen LogP contribution in [0.25, 0.3) is 0 Å². The van der Waals surface area contributed by atoms with E-state index in [9.17, 15) is 8.42 Å². The van der Waals surface area contributed by atoms with E-state index < -0.39 is 9.84 Å². The molecule has 0 unspecified atom stereocenters. The first-order valence-corrected chi connectivity index (χ1v) is 6.27. The van der Waals surface area contributed by atoms with Gasteiger partial charge in [0.05, 0.1) is 12.3 Å². The summed E-state index contributed by atoms with van der Waals surface area (Å²) in [5.41, 5.74) is 6.35. The van der Waals surface area contributed by atoms with E-state index in [1.807, 2.05) is 6.92 Å². The molecule has 0 atom stereocenters. The first-order valence-electron chi connectivity index (χ1n) is 4.45. The monoisotopic (exact) mass is 217 g/mol. The molecule has 0 fully saturated rings. The van der Waals surface area contributed by atoms with E-state index in [1.54, 1.807) is 17.7 Å². The molecule has 0 aliphatic heterocycles. The number of nitrogen functional groups attached to an aromatic ring is 1. The van der Waals surface area contributed by atoms with Crippen molar-refractivity contribution in [1.82, 2.24) is 9.78 Å². The van der Waals surface area contributed by atoms with E-state index in [-0.39, 0.29) is 11.5 Å².